The fraction of sp³-hybridized carbons (Fsp3) is 0.250. The largest absolute Gasteiger partial charge is 0.304 e. The van der Waals surface area contributed by atoms with Gasteiger partial charge < -0.3 is 9.30 Å². The number of nitriles is 1. The number of hydrogen-bond acceptors (Lipinski definition) is 5. The topological polar surface area (TPSA) is 47.6 Å². The molecule has 0 radical (unpaired) electrons. The van der Waals surface area contributed by atoms with Crippen molar-refractivity contribution in [1.29, 1.82) is 5.26 Å². The first-order valence-electron chi connectivity index (χ1n) is 10.2. The Morgan fingerprint density at radius 1 is 0.967 bits per heavy atom. The van der Waals surface area contributed by atoms with Crippen molar-refractivity contribution in [2.24, 2.45) is 0 Å². The van der Waals surface area contributed by atoms with E-state index in [4.69, 9.17) is 10.2 Å². The summed E-state index contributed by atoms with van der Waals surface area (Å²) in [5.41, 5.74) is 7.32. The molecule has 0 unspecified atom stereocenters. The number of fused-ring (bicyclic) bond motifs is 1. The Balaban J connectivity index is 1.61. The van der Waals surface area contributed by atoms with Gasteiger partial charge in [-0.25, -0.2) is 4.98 Å². The third kappa shape index (κ3) is 3.63. The van der Waals surface area contributed by atoms with Crippen LogP contribution in [-0.2, 0) is 6.54 Å². The first-order chi connectivity index (χ1) is 14.7. The maximum Gasteiger partial charge on any atom is 0.137 e. The summed E-state index contributed by atoms with van der Waals surface area (Å²) < 4.78 is 2.25. The number of benzene rings is 1. The molecule has 1 aliphatic rings. The number of imidazole rings is 1. The highest BCUT2D eigenvalue weighted by atomic mass is 32.1. The molecular formula is C24H23N5S. The molecule has 1 aliphatic heterocycles. The summed E-state index contributed by atoms with van der Waals surface area (Å²) in [5, 5.41) is 13.4. The second-order valence-corrected chi connectivity index (χ2v) is 8.61. The van der Waals surface area contributed by atoms with Crippen LogP contribution < -0.4 is 0 Å². The molecule has 0 N–H and O–H groups in total. The quantitative estimate of drug-likeness (QED) is 0.499. The van der Waals surface area contributed by atoms with Gasteiger partial charge in [-0.2, -0.15) is 16.6 Å². The van der Waals surface area contributed by atoms with Gasteiger partial charge in [-0.3, -0.25) is 4.90 Å². The van der Waals surface area contributed by atoms with Crippen LogP contribution in [0, 0.1) is 11.3 Å². The maximum absolute atomic E-state index is 9.15. The molecule has 0 amide bonds. The lowest BCUT2D eigenvalue weighted by Crippen LogP contribution is -2.44. The highest BCUT2D eigenvalue weighted by Gasteiger charge is 2.20. The lowest BCUT2D eigenvalue weighted by Gasteiger charge is -2.32. The summed E-state index contributed by atoms with van der Waals surface area (Å²) in [4.78, 5) is 9.87. The first kappa shape index (κ1) is 19.0. The molecule has 4 aromatic rings. The molecule has 0 bridgehead atoms. The van der Waals surface area contributed by atoms with Crippen molar-refractivity contribution in [3.63, 3.8) is 0 Å². The van der Waals surface area contributed by atoms with E-state index in [1.807, 2.05) is 24.3 Å². The monoisotopic (exact) mass is 413 g/mol. The van der Waals surface area contributed by atoms with Gasteiger partial charge in [-0.15, -0.1) is 0 Å². The Hall–Kier alpha value is -2.98. The van der Waals surface area contributed by atoms with Gasteiger partial charge in [0.05, 0.1) is 23.0 Å². The molecule has 3 aromatic heterocycles. The van der Waals surface area contributed by atoms with Crippen LogP contribution in [0.25, 0.3) is 28.0 Å². The molecule has 1 aromatic carbocycles. The number of likely N-dealkylation sites (N-methyl/N-ethyl adjacent to an activating group) is 1. The van der Waals surface area contributed by atoms with Crippen LogP contribution in [0.4, 0.5) is 0 Å². The summed E-state index contributed by atoms with van der Waals surface area (Å²) in [6.07, 6.45) is 2.21. The van der Waals surface area contributed by atoms with Gasteiger partial charge in [-0.1, -0.05) is 12.1 Å². The molecule has 150 valence electrons. The van der Waals surface area contributed by atoms with Crippen molar-refractivity contribution in [2.75, 3.05) is 33.2 Å². The van der Waals surface area contributed by atoms with Crippen LogP contribution in [0.1, 0.15) is 11.3 Å². The molecule has 5 nitrogen and oxygen atoms in total. The van der Waals surface area contributed by atoms with Gasteiger partial charge in [0, 0.05) is 44.5 Å². The second kappa shape index (κ2) is 8.04. The van der Waals surface area contributed by atoms with Crippen LogP contribution in [0.15, 0.2) is 59.4 Å². The molecular weight excluding hydrogens is 390 g/mol. The predicted molar refractivity (Wildman–Crippen MR) is 121 cm³/mol. The van der Waals surface area contributed by atoms with E-state index in [1.165, 1.54) is 16.8 Å². The number of piperazine rings is 1. The van der Waals surface area contributed by atoms with Crippen LogP contribution in [0.5, 0.6) is 0 Å². The number of nitrogens with zero attached hydrogens (tertiary/aromatic N) is 5. The van der Waals surface area contributed by atoms with Gasteiger partial charge in [0.25, 0.3) is 0 Å². The van der Waals surface area contributed by atoms with Gasteiger partial charge >= 0.3 is 0 Å². The van der Waals surface area contributed by atoms with E-state index in [-0.39, 0.29) is 0 Å². The number of thiophene rings is 1. The lowest BCUT2D eigenvalue weighted by molar-refractivity contribution is 0.147. The van der Waals surface area contributed by atoms with Crippen molar-refractivity contribution >= 4 is 17.0 Å². The molecule has 0 spiro atoms. The summed E-state index contributed by atoms with van der Waals surface area (Å²) >= 11 is 1.71. The van der Waals surface area contributed by atoms with Crippen molar-refractivity contribution < 1.29 is 0 Å². The average molecular weight is 414 g/mol. The smallest absolute Gasteiger partial charge is 0.137 e. The Kier molecular flexibility index (Phi) is 5.09. The second-order valence-electron chi connectivity index (χ2n) is 7.83. The zero-order valence-corrected chi connectivity index (χ0v) is 17.8. The van der Waals surface area contributed by atoms with Crippen LogP contribution in [-0.4, -0.2) is 52.4 Å². The highest BCUT2D eigenvalue weighted by molar-refractivity contribution is 7.08. The summed E-state index contributed by atoms with van der Waals surface area (Å²) in [7, 11) is 2.18. The van der Waals surface area contributed by atoms with E-state index in [0.29, 0.717) is 5.56 Å². The SMILES string of the molecule is CN1CCN(Cc2c(-c3ccc(C#N)cc3)nc3ccc(-c4ccsc4)cn23)CC1. The summed E-state index contributed by atoms with van der Waals surface area (Å²) in [5.74, 6) is 0. The maximum atomic E-state index is 9.15. The normalized spacial score (nSPS) is 15.5. The molecule has 0 saturated carbocycles. The zero-order chi connectivity index (χ0) is 20.5. The Morgan fingerprint density at radius 3 is 2.43 bits per heavy atom. The van der Waals surface area contributed by atoms with Crippen molar-refractivity contribution in [2.45, 2.75) is 6.54 Å². The lowest BCUT2D eigenvalue weighted by atomic mass is 10.1. The van der Waals surface area contributed by atoms with Gasteiger partial charge in [0.15, 0.2) is 0 Å². The number of aromatic nitrogens is 2. The van der Waals surface area contributed by atoms with E-state index >= 15 is 0 Å². The fourth-order valence-corrected chi connectivity index (χ4v) is 4.66. The van der Waals surface area contributed by atoms with E-state index in [0.717, 1.165) is 49.6 Å². The first-order valence-corrected chi connectivity index (χ1v) is 11.1. The van der Waals surface area contributed by atoms with E-state index in [1.54, 1.807) is 11.3 Å². The number of rotatable bonds is 4. The Labute approximate surface area is 180 Å². The van der Waals surface area contributed by atoms with E-state index < -0.39 is 0 Å². The molecule has 1 saturated heterocycles. The van der Waals surface area contributed by atoms with Gasteiger partial charge in [0.2, 0.25) is 0 Å². The summed E-state index contributed by atoms with van der Waals surface area (Å²) in [6.45, 7) is 5.14. The predicted octanol–water partition coefficient (Wildman–Crippen LogP) is 4.35. The minimum atomic E-state index is 0.669. The van der Waals surface area contributed by atoms with E-state index in [2.05, 4.69) is 62.5 Å². The number of pyridine rings is 1. The average Bonchev–Trinajstić information content (AvgIpc) is 3.44. The molecule has 0 atom stereocenters. The molecule has 6 heteroatoms. The Morgan fingerprint density at radius 2 is 1.73 bits per heavy atom. The standard InChI is InChI=1S/C24H23N5S/c1-27-9-11-28(12-10-27)16-22-24(19-4-2-18(14-25)3-5-19)26-23-7-6-20(15-29(22)23)21-8-13-30-17-21/h2-8,13,15,17H,9-12,16H2,1H3. The van der Waals surface area contributed by atoms with E-state index in [9.17, 15) is 0 Å². The highest BCUT2D eigenvalue weighted by Crippen LogP contribution is 2.29. The Bertz CT molecular complexity index is 1190. The molecule has 30 heavy (non-hydrogen) atoms. The van der Waals surface area contributed by atoms with Crippen LogP contribution in [0.3, 0.4) is 0 Å². The molecule has 1 fully saturated rings. The van der Waals surface area contributed by atoms with Gasteiger partial charge in [-0.05, 0) is 59.3 Å². The van der Waals surface area contributed by atoms with Crippen molar-refractivity contribution in [3.05, 3.63) is 70.7 Å². The molecule has 4 heterocycles. The summed E-state index contributed by atoms with van der Waals surface area (Å²) in [6, 6.07) is 16.4. The fourth-order valence-electron chi connectivity index (χ4n) is 4.00. The van der Waals surface area contributed by atoms with Gasteiger partial charge in [0.1, 0.15) is 5.65 Å². The molecule has 0 aliphatic carbocycles. The third-order valence-electron chi connectivity index (χ3n) is 5.83. The van der Waals surface area contributed by atoms with Crippen molar-refractivity contribution in [3.8, 4) is 28.5 Å². The van der Waals surface area contributed by atoms with Crippen molar-refractivity contribution in [1.82, 2.24) is 19.2 Å². The van der Waals surface area contributed by atoms with Crippen LogP contribution in [0.2, 0.25) is 0 Å². The minimum Gasteiger partial charge on any atom is -0.304 e. The minimum absolute atomic E-state index is 0.669. The number of hydrogen-bond donors (Lipinski definition) is 0. The molecule has 5 rings (SSSR count). The third-order valence-corrected chi connectivity index (χ3v) is 6.51. The van der Waals surface area contributed by atoms with Crippen LogP contribution >= 0.6 is 11.3 Å². The zero-order valence-electron chi connectivity index (χ0n) is 17.0.